The van der Waals surface area contributed by atoms with E-state index in [0.717, 1.165) is 6.07 Å². The molecule has 2 aromatic carbocycles. The van der Waals surface area contributed by atoms with Gasteiger partial charge < -0.3 is 15.4 Å². The highest BCUT2D eigenvalue weighted by Gasteiger charge is 2.18. The zero-order valence-corrected chi connectivity index (χ0v) is 15.5. The lowest BCUT2D eigenvalue weighted by molar-refractivity contribution is -0.384. The van der Waals surface area contributed by atoms with Crippen LogP contribution in [0, 0.1) is 10.1 Å². The van der Waals surface area contributed by atoms with Crippen LogP contribution in [-0.2, 0) is 0 Å². The summed E-state index contributed by atoms with van der Waals surface area (Å²) in [5.41, 5.74) is 0.734. The number of non-ortho nitro benzene ring substituents is 1. The van der Waals surface area contributed by atoms with E-state index in [0.29, 0.717) is 16.3 Å². The van der Waals surface area contributed by atoms with Gasteiger partial charge in [-0.2, -0.15) is 0 Å². The van der Waals surface area contributed by atoms with Gasteiger partial charge in [0, 0.05) is 23.5 Å². The van der Waals surface area contributed by atoms with E-state index in [9.17, 15) is 19.7 Å². The van der Waals surface area contributed by atoms with Crippen LogP contribution in [0.5, 0.6) is 5.75 Å². The first kappa shape index (κ1) is 19.1. The molecular weight excluding hydrogens is 382 g/mol. The number of carbonyl (C=O) groups is 2. The van der Waals surface area contributed by atoms with Gasteiger partial charge in [0.25, 0.3) is 17.5 Å². The minimum absolute atomic E-state index is 0.0322. The average molecular weight is 397 g/mol. The Morgan fingerprint density at radius 3 is 2.32 bits per heavy atom. The van der Waals surface area contributed by atoms with Crippen molar-refractivity contribution in [2.45, 2.75) is 0 Å². The first-order valence-electron chi connectivity index (χ1n) is 8.06. The molecule has 28 heavy (non-hydrogen) atoms. The third kappa shape index (κ3) is 4.33. The van der Waals surface area contributed by atoms with Gasteiger partial charge in [-0.15, -0.1) is 11.3 Å². The van der Waals surface area contributed by atoms with Crippen molar-refractivity contribution in [1.29, 1.82) is 0 Å². The normalized spacial score (nSPS) is 10.2. The number of nitro groups is 1. The van der Waals surface area contributed by atoms with Crippen LogP contribution in [0.25, 0.3) is 0 Å². The Balaban J connectivity index is 1.78. The highest BCUT2D eigenvalue weighted by atomic mass is 32.1. The number of nitro benzene ring substituents is 1. The molecule has 0 saturated carbocycles. The van der Waals surface area contributed by atoms with Crippen LogP contribution < -0.4 is 15.4 Å². The molecule has 8 nitrogen and oxygen atoms in total. The lowest BCUT2D eigenvalue weighted by atomic mass is 10.1. The van der Waals surface area contributed by atoms with Crippen LogP contribution in [0.1, 0.15) is 20.0 Å². The maximum atomic E-state index is 12.6. The highest BCUT2D eigenvalue weighted by molar-refractivity contribution is 7.12. The van der Waals surface area contributed by atoms with Crippen LogP contribution >= 0.6 is 11.3 Å². The zero-order valence-electron chi connectivity index (χ0n) is 14.7. The summed E-state index contributed by atoms with van der Waals surface area (Å²) in [5, 5.41) is 18.2. The monoisotopic (exact) mass is 397 g/mol. The second-order valence-corrected chi connectivity index (χ2v) is 6.56. The zero-order chi connectivity index (χ0) is 20.1. The van der Waals surface area contributed by atoms with E-state index in [4.69, 9.17) is 4.74 Å². The molecule has 2 N–H and O–H groups in total. The number of amides is 2. The number of carbonyl (C=O) groups excluding carboxylic acids is 2. The fourth-order valence-electron chi connectivity index (χ4n) is 2.46. The summed E-state index contributed by atoms with van der Waals surface area (Å²) in [6, 6.07) is 13.9. The maximum Gasteiger partial charge on any atom is 0.270 e. The Labute approximate surface area is 163 Å². The molecule has 0 bridgehead atoms. The van der Waals surface area contributed by atoms with Crippen molar-refractivity contribution in [3.8, 4) is 5.75 Å². The van der Waals surface area contributed by atoms with Crippen molar-refractivity contribution in [3.05, 3.63) is 80.5 Å². The summed E-state index contributed by atoms with van der Waals surface area (Å²) in [5.74, 6) is -0.605. The van der Waals surface area contributed by atoms with Crippen LogP contribution in [0.15, 0.2) is 60.0 Å². The van der Waals surface area contributed by atoms with E-state index < -0.39 is 10.8 Å². The van der Waals surface area contributed by atoms with E-state index in [2.05, 4.69) is 10.6 Å². The molecular formula is C19H15N3O5S. The number of hydrogen-bond acceptors (Lipinski definition) is 6. The fraction of sp³-hybridized carbons (Fsp3) is 0.0526. The molecule has 3 aromatic rings. The van der Waals surface area contributed by atoms with Crippen molar-refractivity contribution in [2.75, 3.05) is 17.7 Å². The third-order valence-electron chi connectivity index (χ3n) is 3.76. The lowest BCUT2D eigenvalue weighted by Gasteiger charge is -2.11. The quantitative estimate of drug-likeness (QED) is 0.479. The molecule has 3 rings (SSSR count). The summed E-state index contributed by atoms with van der Waals surface area (Å²) in [6.45, 7) is 0. The number of ether oxygens (including phenoxy) is 1. The third-order valence-corrected chi connectivity index (χ3v) is 4.63. The van der Waals surface area contributed by atoms with Gasteiger partial charge in [0.1, 0.15) is 5.75 Å². The fourth-order valence-corrected chi connectivity index (χ4v) is 3.08. The van der Waals surface area contributed by atoms with Gasteiger partial charge in [0.05, 0.1) is 22.5 Å². The summed E-state index contributed by atoms with van der Waals surface area (Å²) in [4.78, 5) is 35.7. The predicted octanol–water partition coefficient (Wildman–Crippen LogP) is 4.17. The van der Waals surface area contributed by atoms with E-state index in [1.165, 1.54) is 30.6 Å². The second-order valence-electron chi connectivity index (χ2n) is 5.61. The molecule has 2 amide bonds. The Hall–Kier alpha value is -3.72. The topological polar surface area (TPSA) is 111 Å². The van der Waals surface area contributed by atoms with Gasteiger partial charge in [0.2, 0.25) is 0 Å². The van der Waals surface area contributed by atoms with E-state index >= 15 is 0 Å². The van der Waals surface area contributed by atoms with Gasteiger partial charge in [-0.1, -0.05) is 12.1 Å². The minimum Gasteiger partial charge on any atom is -0.496 e. The Morgan fingerprint density at radius 2 is 1.71 bits per heavy atom. The molecule has 0 spiro atoms. The molecule has 0 radical (unpaired) electrons. The van der Waals surface area contributed by atoms with Crippen LogP contribution in [-0.4, -0.2) is 23.8 Å². The number of thiophene rings is 1. The molecule has 0 aliphatic rings. The Morgan fingerprint density at radius 1 is 1.00 bits per heavy atom. The van der Waals surface area contributed by atoms with Crippen molar-refractivity contribution >= 4 is 40.2 Å². The number of benzene rings is 2. The number of anilines is 2. The van der Waals surface area contributed by atoms with Crippen molar-refractivity contribution in [3.63, 3.8) is 0 Å². The summed E-state index contributed by atoms with van der Waals surface area (Å²) in [6.07, 6.45) is 0. The smallest absolute Gasteiger partial charge is 0.270 e. The van der Waals surface area contributed by atoms with Gasteiger partial charge in [-0.05, 0) is 35.7 Å². The van der Waals surface area contributed by atoms with Crippen LogP contribution in [0.4, 0.5) is 17.1 Å². The molecule has 0 saturated heterocycles. The molecule has 1 aromatic heterocycles. The van der Waals surface area contributed by atoms with Crippen molar-refractivity contribution in [1.82, 2.24) is 0 Å². The summed E-state index contributed by atoms with van der Waals surface area (Å²) < 4.78 is 5.12. The Kier molecular flexibility index (Phi) is 5.66. The average Bonchev–Trinajstić information content (AvgIpc) is 3.22. The van der Waals surface area contributed by atoms with Crippen molar-refractivity contribution in [2.24, 2.45) is 0 Å². The lowest BCUT2D eigenvalue weighted by Crippen LogP contribution is -2.14. The van der Waals surface area contributed by atoms with Crippen LogP contribution in [0.2, 0.25) is 0 Å². The molecule has 0 aliphatic heterocycles. The molecule has 0 atom stereocenters. The maximum absolute atomic E-state index is 12.6. The van der Waals surface area contributed by atoms with E-state index in [1.54, 1.807) is 41.8 Å². The SMILES string of the molecule is COc1ccc([N+](=O)[O-])cc1C(=O)Nc1cccc(NC(=O)c2cccs2)c1. The van der Waals surface area contributed by atoms with Gasteiger partial charge >= 0.3 is 0 Å². The first-order valence-corrected chi connectivity index (χ1v) is 8.94. The highest BCUT2D eigenvalue weighted by Crippen LogP contribution is 2.25. The molecule has 142 valence electrons. The Bertz CT molecular complexity index is 1030. The van der Waals surface area contributed by atoms with Gasteiger partial charge in [0.15, 0.2) is 0 Å². The number of methoxy groups -OCH3 is 1. The number of nitrogens with zero attached hydrogens (tertiary/aromatic N) is 1. The van der Waals surface area contributed by atoms with Gasteiger partial charge in [-0.25, -0.2) is 0 Å². The molecule has 1 heterocycles. The van der Waals surface area contributed by atoms with Crippen molar-refractivity contribution < 1.29 is 19.2 Å². The number of hydrogen-bond donors (Lipinski definition) is 2. The second kappa shape index (κ2) is 8.31. The number of nitrogens with one attached hydrogen (secondary N) is 2. The standard InChI is InChI=1S/C19H15N3O5S/c1-27-16-8-7-14(22(25)26)11-15(16)18(23)20-12-4-2-5-13(10-12)21-19(24)17-6-3-9-28-17/h2-11H,1H3,(H,20,23)(H,21,24). The molecule has 9 heteroatoms. The van der Waals surface area contributed by atoms with Gasteiger partial charge in [-0.3, -0.25) is 19.7 Å². The van der Waals surface area contributed by atoms with Crippen LogP contribution in [0.3, 0.4) is 0 Å². The molecule has 0 fully saturated rings. The van der Waals surface area contributed by atoms with E-state index in [-0.39, 0.29) is 22.9 Å². The number of rotatable bonds is 6. The largest absolute Gasteiger partial charge is 0.496 e. The van der Waals surface area contributed by atoms with E-state index in [1.807, 2.05) is 0 Å². The first-order chi connectivity index (χ1) is 13.5. The molecule has 0 unspecified atom stereocenters. The summed E-state index contributed by atoms with van der Waals surface area (Å²) in [7, 11) is 1.37. The molecule has 0 aliphatic carbocycles. The minimum atomic E-state index is -0.586. The predicted molar refractivity (Wildman–Crippen MR) is 106 cm³/mol. The summed E-state index contributed by atoms with van der Waals surface area (Å²) >= 11 is 1.32.